The van der Waals surface area contributed by atoms with Crippen LogP contribution in [0.25, 0.3) is 0 Å². The summed E-state index contributed by atoms with van der Waals surface area (Å²) in [5.74, 6) is -1.48. The molecule has 108 valence electrons. The average molecular weight is 288 g/mol. The van der Waals surface area contributed by atoms with E-state index in [-0.39, 0.29) is 17.3 Å². The molecule has 0 saturated heterocycles. The van der Waals surface area contributed by atoms with Crippen molar-refractivity contribution in [1.82, 2.24) is 9.97 Å². The number of carbonyl (C=O) groups excluding carboxylic acids is 2. The van der Waals surface area contributed by atoms with Crippen molar-refractivity contribution in [3.8, 4) is 0 Å². The number of nitrogens with zero attached hydrogens (tertiary/aromatic N) is 2. The predicted octanol–water partition coefficient (Wildman–Crippen LogP) is 2.13. The molecule has 0 saturated carbocycles. The molecule has 0 aliphatic rings. The Morgan fingerprint density at radius 1 is 1.14 bits per heavy atom. The highest BCUT2D eigenvalue weighted by Gasteiger charge is 2.12. The number of halogens is 1. The molecule has 2 amide bonds. The fourth-order valence-corrected chi connectivity index (χ4v) is 1.60. The Balaban J connectivity index is 2.20. The highest BCUT2D eigenvalue weighted by molar-refractivity contribution is 6.03. The summed E-state index contributed by atoms with van der Waals surface area (Å²) >= 11 is 0. The number of hydrogen-bond donors (Lipinski definition) is 2. The molecule has 6 nitrogen and oxygen atoms in total. The number of anilines is 2. The van der Waals surface area contributed by atoms with Gasteiger partial charge in [0.1, 0.15) is 11.5 Å². The fraction of sp³-hybridized carbons (Fsp3) is 0.143. The van der Waals surface area contributed by atoms with Crippen LogP contribution >= 0.6 is 0 Å². The van der Waals surface area contributed by atoms with Gasteiger partial charge in [0.15, 0.2) is 0 Å². The summed E-state index contributed by atoms with van der Waals surface area (Å²) in [5.41, 5.74) is 1.08. The zero-order valence-electron chi connectivity index (χ0n) is 11.5. The standard InChI is InChI=1S/C14H13FN4O2/c1-8-6-17-13(7-16-8)14(21)19-12-5-10(18-9(2)20)3-4-11(12)15/h3-7H,1-2H3,(H,18,20)(H,19,21). The van der Waals surface area contributed by atoms with Gasteiger partial charge in [-0.2, -0.15) is 0 Å². The van der Waals surface area contributed by atoms with Crippen molar-refractivity contribution in [1.29, 1.82) is 0 Å². The number of aromatic nitrogens is 2. The molecule has 1 aromatic heterocycles. The van der Waals surface area contributed by atoms with E-state index in [0.29, 0.717) is 11.4 Å². The molecule has 2 N–H and O–H groups in total. The van der Waals surface area contributed by atoms with Gasteiger partial charge in [-0.25, -0.2) is 9.37 Å². The van der Waals surface area contributed by atoms with Crippen LogP contribution in [0.5, 0.6) is 0 Å². The molecule has 0 fully saturated rings. The lowest BCUT2D eigenvalue weighted by molar-refractivity contribution is -0.114. The van der Waals surface area contributed by atoms with Crippen molar-refractivity contribution in [2.45, 2.75) is 13.8 Å². The van der Waals surface area contributed by atoms with E-state index in [0.717, 1.165) is 6.07 Å². The minimum Gasteiger partial charge on any atom is -0.326 e. The maximum Gasteiger partial charge on any atom is 0.275 e. The van der Waals surface area contributed by atoms with Crippen molar-refractivity contribution in [2.75, 3.05) is 10.6 Å². The second kappa shape index (κ2) is 6.08. The lowest BCUT2D eigenvalue weighted by Gasteiger charge is -2.08. The molecular formula is C14H13FN4O2. The first-order valence-corrected chi connectivity index (χ1v) is 6.13. The van der Waals surface area contributed by atoms with Crippen LogP contribution in [-0.2, 0) is 4.79 Å². The maximum absolute atomic E-state index is 13.7. The van der Waals surface area contributed by atoms with Gasteiger partial charge in [-0.3, -0.25) is 14.6 Å². The second-order valence-corrected chi connectivity index (χ2v) is 4.37. The van der Waals surface area contributed by atoms with Crippen LogP contribution in [-0.4, -0.2) is 21.8 Å². The lowest BCUT2D eigenvalue weighted by atomic mass is 10.2. The van der Waals surface area contributed by atoms with E-state index >= 15 is 0 Å². The molecule has 2 rings (SSSR count). The summed E-state index contributed by atoms with van der Waals surface area (Å²) in [6, 6.07) is 3.88. The maximum atomic E-state index is 13.7. The Morgan fingerprint density at radius 3 is 2.52 bits per heavy atom. The number of aryl methyl sites for hydroxylation is 1. The van der Waals surface area contributed by atoms with Gasteiger partial charge in [-0.1, -0.05) is 0 Å². The van der Waals surface area contributed by atoms with Crippen LogP contribution in [0, 0.1) is 12.7 Å². The van der Waals surface area contributed by atoms with E-state index in [1.807, 2.05) is 0 Å². The largest absolute Gasteiger partial charge is 0.326 e. The van der Waals surface area contributed by atoms with Gasteiger partial charge >= 0.3 is 0 Å². The zero-order chi connectivity index (χ0) is 15.4. The molecule has 7 heteroatoms. The van der Waals surface area contributed by atoms with Gasteiger partial charge in [0.25, 0.3) is 5.91 Å². The number of amides is 2. The van der Waals surface area contributed by atoms with Crippen molar-refractivity contribution in [3.05, 3.63) is 47.8 Å². The Morgan fingerprint density at radius 2 is 1.90 bits per heavy atom. The Kier molecular flexibility index (Phi) is 4.22. The van der Waals surface area contributed by atoms with Crippen molar-refractivity contribution in [2.24, 2.45) is 0 Å². The first-order valence-electron chi connectivity index (χ1n) is 6.13. The lowest BCUT2D eigenvalue weighted by Crippen LogP contribution is -2.15. The quantitative estimate of drug-likeness (QED) is 0.906. The minimum atomic E-state index is -0.613. The van der Waals surface area contributed by atoms with Crippen LogP contribution < -0.4 is 10.6 Å². The molecule has 21 heavy (non-hydrogen) atoms. The van der Waals surface area contributed by atoms with Crippen LogP contribution in [0.1, 0.15) is 23.1 Å². The molecule has 0 unspecified atom stereocenters. The minimum absolute atomic E-state index is 0.0476. The number of nitrogens with one attached hydrogen (secondary N) is 2. The summed E-state index contributed by atoms with van der Waals surface area (Å²) in [6.07, 6.45) is 2.75. The summed E-state index contributed by atoms with van der Waals surface area (Å²) in [4.78, 5) is 30.8. The van der Waals surface area contributed by atoms with Crippen LogP contribution in [0.4, 0.5) is 15.8 Å². The highest BCUT2D eigenvalue weighted by Crippen LogP contribution is 2.20. The fourth-order valence-electron chi connectivity index (χ4n) is 1.60. The smallest absolute Gasteiger partial charge is 0.275 e. The van der Waals surface area contributed by atoms with Gasteiger partial charge in [0.05, 0.1) is 17.6 Å². The molecule has 1 heterocycles. The molecule has 1 aromatic carbocycles. The first kappa shape index (κ1) is 14.6. The van der Waals surface area contributed by atoms with Crippen molar-refractivity contribution in [3.63, 3.8) is 0 Å². The summed E-state index contributed by atoms with van der Waals surface area (Å²) in [7, 11) is 0. The van der Waals surface area contributed by atoms with E-state index in [9.17, 15) is 14.0 Å². The van der Waals surface area contributed by atoms with Gasteiger partial charge in [-0.05, 0) is 25.1 Å². The van der Waals surface area contributed by atoms with Gasteiger partial charge in [-0.15, -0.1) is 0 Å². The van der Waals surface area contributed by atoms with Crippen LogP contribution in [0.2, 0.25) is 0 Å². The van der Waals surface area contributed by atoms with E-state index in [4.69, 9.17) is 0 Å². The summed E-state index contributed by atoms with van der Waals surface area (Å²) in [5, 5.41) is 4.90. The summed E-state index contributed by atoms with van der Waals surface area (Å²) < 4.78 is 13.7. The molecule has 2 aromatic rings. The second-order valence-electron chi connectivity index (χ2n) is 4.37. The number of hydrogen-bond acceptors (Lipinski definition) is 4. The summed E-state index contributed by atoms with van der Waals surface area (Å²) in [6.45, 7) is 3.08. The third-order valence-corrected chi connectivity index (χ3v) is 2.55. The van der Waals surface area contributed by atoms with Gasteiger partial charge < -0.3 is 10.6 Å². The van der Waals surface area contributed by atoms with Crippen molar-refractivity contribution >= 4 is 23.2 Å². The van der Waals surface area contributed by atoms with E-state index < -0.39 is 11.7 Å². The Bertz CT molecular complexity index is 686. The third kappa shape index (κ3) is 3.82. The molecule has 0 aliphatic heterocycles. The molecule has 0 radical (unpaired) electrons. The average Bonchev–Trinajstić information content (AvgIpc) is 2.42. The first-order chi connectivity index (χ1) is 9.95. The van der Waals surface area contributed by atoms with Crippen molar-refractivity contribution < 1.29 is 14.0 Å². The number of benzene rings is 1. The number of rotatable bonds is 3. The van der Waals surface area contributed by atoms with E-state index in [1.54, 1.807) is 6.92 Å². The van der Waals surface area contributed by atoms with Gasteiger partial charge in [0, 0.05) is 18.8 Å². The molecular weight excluding hydrogens is 275 g/mol. The molecule has 0 spiro atoms. The van der Waals surface area contributed by atoms with E-state index in [2.05, 4.69) is 20.6 Å². The highest BCUT2D eigenvalue weighted by atomic mass is 19.1. The Hall–Kier alpha value is -2.83. The van der Waals surface area contributed by atoms with E-state index in [1.165, 1.54) is 31.5 Å². The molecule has 0 aliphatic carbocycles. The van der Waals surface area contributed by atoms with Crippen LogP contribution in [0.15, 0.2) is 30.6 Å². The zero-order valence-corrected chi connectivity index (χ0v) is 11.5. The monoisotopic (exact) mass is 288 g/mol. The van der Waals surface area contributed by atoms with Crippen LogP contribution in [0.3, 0.4) is 0 Å². The normalized spacial score (nSPS) is 10.0. The third-order valence-electron chi connectivity index (χ3n) is 2.55. The SMILES string of the molecule is CC(=O)Nc1ccc(F)c(NC(=O)c2cnc(C)cn2)c1. The molecule has 0 bridgehead atoms. The van der Waals surface area contributed by atoms with Gasteiger partial charge in [0.2, 0.25) is 5.91 Å². The number of carbonyl (C=O) groups is 2. The predicted molar refractivity (Wildman–Crippen MR) is 75.4 cm³/mol. The Labute approximate surface area is 120 Å². The molecule has 0 atom stereocenters. The topological polar surface area (TPSA) is 84.0 Å².